The van der Waals surface area contributed by atoms with Gasteiger partial charge in [0.2, 0.25) is 5.88 Å². The average molecular weight is 496 g/mol. The summed E-state index contributed by atoms with van der Waals surface area (Å²) in [7, 11) is 1.78. The summed E-state index contributed by atoms with van der Waals surface area (Å²) in [6.45, 7) is 5.62. The third kappa shape index (κ3) is 6.54. The predicted molar refractivity (Wildman–Crippen MR) is 123 cm³/mol. The molecule has 152 valence electrons. The van der Waals surface area contributed by atoms with Crippen LogP contribution >= 0.6 is 24.0 Å². The summed E-state index contributed by atoms with van der Waals surface area (Å²) < 4.78 is 11.6. The van der Waals surface area contributed by atoms with E-state index in [2.05, 4.69) is 34.5 Å². The first-order valence-electron chi connectivity index (χ1n) is 9.51. The molecular formula is C21H29IN4O2. The monoisotopic (exact) mass is 496 g/mol. The van der Waals surface area contributed by atoms with Crippen LogP contribution in [-0.2, 0) is 6.54 Å². The van der Waals surface area contributed by atoms with Crippen molar-refractivity contribution in [3.05, 3.63) is 48.2 Å². The van der Waals surface area contributed by atoms with Gasteiger partial charge in [0.1, 0.15) is 11.5 Å². The van der Waals surface area contributed by atoms with Gasteiger partial charge in [-0.05, 0) is 49.1 Å². The summed E-state index contributed by atoms with van der Waals surface area (Å²) in [5.41, 5.74) is 0.968. The van der Waals surface area contributed by atoms with E-state index >= 15 is 0 Å². The molecule has 1 aromatic carbocycles. The van der Waals surface area contributed by atoms with Crippen LogP contribution in [0, 0.1) is 5.92 Å². The van der Waals surface area contributed by atoms with Crippen LogP contribution in [0.15, 0.2) is 47.6 Å². The Morgan fingerprint density at radius 1 is 1.21 bits per heavy atom. The largest absolute Gasteiger partial charge is 0.494 e. The Morgan fingerprint density at radius 3 is 2.57 bits per heavy atom. The summed E-state index contributed by atoms with van der Waals surface area (Å²) in [5.74, 6) is 3.67. The Kier molecular flexibility index (Phi) is 8.82. The Hall–Kier alpha value is -2.03. The van der Waals surface area contributed by atoms with Crippen molar-refractivity contribution < 1.29 is 9.47 Å². The van der Waals surface area contributed by atoms with Crippen molar-refractivity contribution in [1.82, 2.24) is 15.6 Å². The lowest BCUT2D eigenvalue weighted by atomic mass is 10.2. The number of pyridine rings is 1. The number of ether oxygens (including phenoxy) is 2. The van der Waals surface area contributed by atoms with Crippen molar-refractivity contribution in [2.45, 2.75) is 39.3 Å². The molecule has 7 heteroatoms. The lowest BCUT2D eigenvalue weighted by Gasteiger charge is -2.14. The van der Waals surface area contributed by atoms with Crippen LogP contribution in [0.5, 0.6) is 17.4 Å². The molecule has 0 amide bonds. The second-order valence-corrected chi connectivity index (χ2v) is 6.78. The smallest absolute Gasteiger partial charge is 0.224 e. The molecule has 2 N–H and O–H groups in total. The fourth-order valence-electron chi connectivity index (χ4n) is 2.66. The molecule has 0 spiro atoms. The highest BCUT2D eigenvalue weighted by Gasteiger charge is 2.33. The normalized spacial score (nSPS) is 18.0. The van der Waals surface area contributed by atoms with Gasteiger partial charge in [-0.1, -0.05) is 19.9 Å². The summed E-state index contributed by atoms with van der Waals surface area (Å²) >= 11 is 0. The Bertz CT molecular complexity index is 767. The van der Waals surface area contributed by atoms with E-state index in [9.17, 15) is 0 Å². The minimum absolute atomic E-state index is 0. The Morgan fingerprint density at radius 2 is 1.93 bits per heavy atom. The SMILES string of the molecule is CCCOc1ccc(Oc2ncccc2CNC(=NC)NC2CC2C)cc1.I. The molecular weight excluding hydrogens is 467 g/mol. The number of benzene rings is 1. The standard InChI is InChI=1S/C21H28N4O2.HI/c1-4-12-26-17-7-9-18(10-8-17)27-20-16(6-5-11-23-20)14-24-21(22-3)25-19-13-15(19)2;/h5-11,15,19H,4,12-14H2,1-3H3,(H2,22,24,25);1H. The highest BCUT2D eigenvalue weighted by Crippen LogP contribution is 2.29. The number of hydrogen-bond acceptors (Lipinski definition) is 4. The summed E-state index contributed by atoms with van der Waals surface area (Å²) in [4.78, 5) is 8.67. The van der Waals surface area contributed by atoms with Crippen LogP contribution in [0.1, 0.15) is 32.3 Å². The topological polar surface area (TPSA) is 67.8 Å². The average Bonchev–Trinajstić information content (AvgIpc) is 3.40. The van der Waals surface area contributed by atoms with E-state index < -0.39 is 0 Å². The van der Waals surface area contributed by atoms with Crippen molar-refractivity contribution in [2.75, 3.05) is 13.7 Å². The van der Waals surface area contributed by atoms with Gasteiger partial charge in [0.25, 0.3) is 0 Å². The van der Waals surface area contributed by atoms with Crippen LogP contribution in [0.4, 0.5) is 0 Å². The molecule has 6 nitrogen and oxygen atoms in total. The summed E-state index contributed by atoms with van der Waals surface area (Å²) in [6, 6.07) is 12.0. The number of rotatable bonds is 8. The summed E-state index contributed by atoms with van der Waals surface area (Å²) in [5, 5.41) is 6.75. The van der Waals surface area contributed by atoms with Gasteiger partial charge < -0.3 is 20.1 Å². The molecule has 2 unspecified atom stereocenters. The van der Waals surface area contributed by atoms with Crippen molar-refractivity contribution in [2.24, 2.45) is 10.9 Å². The van der Waals surface area contributed by atoms with Gasteiger partial charge >= 0.3 is 0 Å². The first-order valence-corrected chi connectivity index (χ1v) is 9.51. The van der Waals surface area contributed by atoms with Crippen LogP contribution in [-0.4, -0.2) is 30.6 Å². The van der Waals surface area contributed by atoms with Gasteiger partial charge in [0, 0.05) is 31.4 Å². The number of aromatic nitrogens is 1. The number of halogens is 1. The van der Waals surface area contributed by atoms with Crippen molar-refractivity contribution in [1.29, 1.82) is 0 Å². The van der Waals surface area contributed by atoms with E-state index in [1.54, 1.807) is 13.2 Å². The van der Waals surface area contributed by atoms with Gasteiger partial charge in [0.05, 0.1) is 6.61 Å². The highest BCUT2D eigenvalue weighted by molar-refractivity contribution is 14.0. The fraction of sp³-hybridized carbons (Fsp3) is 0.429. The van der Waals surface area contributed by atoms with Crippen LogP contribution in [0.25, 0.3) is 0 Å². The van der Waals surface area contributed by atoms with Gasteiger partial charge in [-0.2, -0.15) is 0 Å². The number of guanidine groups is 1. The molecule has 3 rings (SSSR count). The minimum Gasteiger partial charge on any atom is -0.494 e. The third-order valence-electron chi connectivity index (χ3n) is 4.46. The van der Waals surface area contributed by atoms with Gasteiger partial charge in [-0.25, -0.2) is 4.98 Å². The maximum absolute atomic E-state index is 5.98. The zero-order valence-corrected chi connectivity index (χ0v) is 19.0. The molecule has 1 heterocycles. The molecule has 0 radical (unpaired) electrons. The van der Waals surface area contributed by atoms with Crippen molar-refractivity contribution >= 4 is 29.9 Å². The molecule has 1 fully saturated rings. The first-order chi connectivity index (χ1) is 13.2. The van der Waals surface area contributed by atoms with Gasteiger partial charge in [0.15, 0.2) is 5.96 Å². The maximum atomic E-state index is 5.98. The molecule has 2 atom stereocenters. The maximum Gasteiger partial charge on any atom is 0.224 e. The summed E-state index contributed by atoms with van der Waals surface area (Å²) in [6.07, 6.45) is 3.91. The zero-order valence-electron chi connectivity index (χ0n) is 16.6. The molecule has 1 aromatic heterocycles. The number of aliphatic imine (C=N–C) groups is 1. The lowest BCUT2D eigenvalue weighted by molar-refractivity contribution is 0.317. The number of hydrogen-bond donors (Lipinski definition) is 2. The van der Waals surface area contributed by atoms with Gasteiger partial charge in [-0.3, -0.25) is 4.99 Å². The Labute approximate surface area is 184 Å². The molecule has 28 heavy (non-hydrogen) atoms. The highest BCUT2D eigenvalue weighted by atomic mass is 127. The minimum atomic E-state index is 0. The number of nitrogens with zero attached hydrogens (tertiary/aromatic N) is 2. The molecule has 0 aliphatic heterocycles. The molecule has 1 aliphatic carbocycles. The van der Waals surface area contributed by atoms with E-state index in [4.69, 9.17) is 9.47 Å². The van der Waals surface area contributed by atoms with Crippen molar-refractivity contribution in [3.8, 4) is 17.4 Å². The number of nitrogens with one attached hydrogen (secondary N) is 2. The molecule has 0 bridgehead atoms. The fourth-order valence-corrected chi connectivity index (χ4v) is 2.66. The Balaban J connectivity index is 0.00000280. The lowest BCUT2D eigenvalue weighted by Crippen LogP contribution is -2.38. The van der Waals surface area contributed by atoms with Crippen LogP contribution in [0.3, 0.4) is 0 Å². The second kappa shape index (κ2) is 11.1. The zero-order chi connectivity index (χ0) is 19.1. The van der Waals surface area contributed by atoms with Crippen molar-refractivity contribution in [3.63, 3.8) is 0 Å². The molecule has 0 saturated heterocycles. The second-order valence-electron chi connectivity index (χ2n) is 6.78. The molecule has 1 saturated carbocycles. The van der Waals surface area contributed by atoms with E-state index in [0.29, 0.717) is 31.0 Å². The third-order valence-corrected chi connectivity index (χ3v) is 4.46. The van der Waals surface area contributed by atoms with Crippen LogP contribution < -0.4 is 20.1 Å². The molecule has 2 aromatic rings. The van der Waals surface area contributed by atoms with E-state index in [0.717, 1.165) is 29.4 Å². The first kappa shape index (κ1) is 22.3. The van der Waals surface area contributed by atoms with E-state index in [1.807, 2.05) is 36.4 Å². The predicted octanol–water partition coefficient (Wildman–Crippen LogP) is 4.35. The van der Waals surface area contributed by atoms with Gasteiger partial charge in [-0.15, -0.1) is 24.0 Å². The van der Waals surface area contributed by atoms with Crippen LogP contribution in [0.2, 0.25) is 0 Å². The quantitative estimate of drug-likeness (QED) is 0.323. The molecule has 1 aliphatic rings. The van der Waals surface area contributed by atoms with E-state index in [1.165, 1.54) is 6.42 Å². The van der Waals surface area contributed by atoms with E-state index in [-0.39, 0.29) is 24.0 Å².